The van der Waals surface area contributed by atoms with Crippen LogP contribution in [0.4, 0.5) is 0 Å². The fourth-order valence-corrected chi connectivity index (χ4v) is 2.62. The van der Waals surface area contributed by atoms with Crippen molar-refractivity contribution in [2.24, 2.45) is 0 Å². The van der Waals surface area contributed by atoms with Gasteiger partial charge in [-0.15, -0.1) is 0 Å². The Morgan fingerprint density at radius 2 is 1.58 bits per heavy atom. The maximum absolute atomic E-state index is 13.1. The number of methoxy groups -OCH3 is 1. The fourth-order valence-electron chi connectivity index (χ4n) is 2.62. The number of nitrogens with zero attached hydrogens (tertiary/aromatic N) is 1. The van der Waals surface area contributed by atoms with E-state index in [1.807, 2.05) is 46.8 Å². The van der Waals surface area contributed by atoms with Crippen LogP contribution in [-0.4, -0.2) is 29.5 Å². The molecule has 2 rings (SSSR count). The van der Waals surface area contributed by atoms with Gasteiger partial charge in [-0.05, 0) is 63.9 Å². The lowest BCUT2D eigenvalue weighted by Gasteiger charge is -2.36. The Balaban J connectivity index is 2.38. The SMILES string of the molecule is COc1ccccc1C(=O)N(NC(=O)c1cccc(C)c1C)C(C)(C)C. The van der Waals surface area contributed by atoms with Gasteiger partial charge in [0.25, 0.3) is 11.8 Å². The van der Waals surface area contributed by atoms with Crippen LogP contribution < -0.4 is 10.2 Å². The third kappa shape index (κ3) is 4.04. The largest absolute Gasteiger partial charge is 0.496 e. The maximum Gasteiger partial charge on any atom is 0.276 e. The minimum absolute atomic E-state index is 0.315. The molecule has 0 atom stereocenters. The summed E-state index contributed by atoms with van der Waals surface area (Å²) in [6, 6.07) is 12.5. The van der Waals surface area contributed by atoms with E-state index in [9.17, 15) is 9.59 Å². The zero-order valence-corrected chi connectivity index (χ0v) is 16.2. The third-order valence-electron chi connectivity index (χ3n) is 4.27. The number of benzene rings is 2. The highest BCUT2D eigenvalue weighted by Gasteiger charge is 2.31. The van der Waals surface area contributed by atoms with E-state index in [2.05, 4.69) is 5.43 Å². The molecule has 0 aromatic heterocycles. The number of carbonyl (C=O) groups excluding carboxylic acids is 2. The lowest BCUT2D eigenvalue weighted by atomic mass is 10.0. The molecule has 2 aromatic carbocycles. The average molecular weight is 354 g/mol. The van der Waals surface area contributed by atoms with Crippen LogP contribution >= 0.6 is 0 Å². The van der Waals surface area contributed by atoms with Gasteiger partial charge in [-0.2, -0.15) is 0 Å². The molecule has 26 heavy (non-hydrogen) atoms. The van der Waals surface area contributed by atoms with Gasteiger partial charge in [-0.1, -0.05) is 24.3 Å². The number of aryl methyl sites for hydroxylation is 1. The zero-order valence-electron chi connectivity index (χ0n) is 16.2. The van der Waals surface area contributed by atoms with Gasteiger partial charge in [-0.3, -0.25) is 15.0 Å². The van der Waals surface area contributed by atoms with Crippen molar-refractivity contribution in [2.45, 2.75) is 40.2 Å². The predicted molar refractivity (Wildman–Crippen MR) is 102 cm³/mol. The van der Waals surface area contributed by atoms with Gasteiger partial charge in [0.1, 0.15) is 5.75 Å². The van der Waals surface area contributed by atoms with Crippen molar-refractivity contribution in [2.75, 3.05) is 7.11 Å². The molecule has 2 amide bonds. The molecule has 1 N–H and O–H groups in total. The molecule has 0 fully saturated rings. The minimum atomic E-state index is -0.620. The van der Waals surface area contributed by atoms with Crippen LogP contribution in [0.25, 0.3) is 0 Å². The van der Waals surface area contributed by atoms with Crippen molar-refractivity contribution in [3.63, 3.8) is 0 Å². The van der Waals surface area contributed by atoms with Crippen LogP contribution in [0.3, 0.4) is 0 Å². The summed E-state index contributed by atoms with van der Waals surface area (Å²) in [5.74, 6) is -0.175. The molecule has 0 aliphatic heterocycles. The molecule has 0 unspecified atom stereocenters. The van der Waals surface area contributed by atoms with E-state index < -0.39 is 5.54 Å². The molecule has 5 heteroatoms. The van der Waals surface area contributed by atoms with Crippen molar-refractivity contribution in [1.29, 1.82) is 0 Å². The number of hydrogen-bond donors (Lipinski definition) is 1. The van der Waals surface area contributed by atoms with Gasteiger partial charge in [0.2, 0.25) is 0 Å². The first-order valence-electron chi connectivity index (χ1n) is 8.51. The topological polar surface area (TPSA) is 58.6 Å². The first-order valence-corrected chi connectivity index (χ1v) is 8.51. The van der Waals surface area contributed by atoms with Gasteiger partial charge in [-0.25, -0.2) is 5.01 Å². The Hall–Kier alpha value is -2.82. The van der Waals surface area contributed by atoms with Crippen molar-refractivity contribution < 1.29 is 14.3 Å². The molecule has 0 aliphatic rings. The number of amides is 2. The van der Waals surface area contributed by atoms with Crippen molar-refractivity contribution in [1.82, 2.24) is 10.4 Å². The van der Waals surface area contributed by atoms with Crippen molar-refractivity contribution in [3.05, 3.63) is 64.7 Å². The first kappa shape index (κ1) is 19.5. The lowest BCUT2D eigenvalue weighted by Crippen LogP contribution is -2.56. The number of nitrogens with one attached hydrogen (secondary N) is 1. The van der Waals surface area contributed by atoms with Gasteiger partial charge in [0.15, 0.2) is 0 Å². The van der Waals surface area contributed by atoms with E-state index in [-0.39, 0.29) is 11.8 Å². The lowest BCUT2D eigenvalue weighted by molar-refractivity contribution is 0.0355. The Labute approximate surface area is 154 Å². The smallest absolute Gasteiger partial charge is 0.276 e. The molecule has 138 valence electrons. The highest BCUT2D eigenvalue weighted by molar-refractivity contribution is 6.01. The van der Waals surface area contributed by atoms with E-state index in [1.165, 1.54) is 12.1 Å². The monoisotopic (exact) mass is 354 g/mol. The second-order valence-electron chi connectivity index (χ2n) is 7.20. The predicted octanol–water partition coefficient (Wildman–Crippen LogP) is 3.90. The summed E-state index contributed by atoms with van der Waals surface area (Å²) in [5, 5.41) is 1.36. The minimum Gasteiger partial charge on any atom is -0.496 e. The average Bonchev–Trinajstić information content (AvgIpc) is 2.60. The van der Waals surface area contributed by atoms with Crippen LogP contribution in [0.15, 0.2) is 42.5 Å². The number of ether oxygens (including phenoxy) is 1. The molecule has 2 aromatic rings. The Morgan fingerprint density at radius 3 is 2.19 bits per heavy atom. The van der Waals surface area contributed by atoms with E-state index in [0.29, 0.717) is 16.9 Å². The second kappa shape index (κ2) is 7.60. The first-order chi connectivity index (χ1) is 12.2. The van der Waals surface area contributed by atoms with Crippen molar-refractivity contribution in [3.8, 4) is 5.75 Å². The van der Waals surface area contributed by atoms with E-state index in [0.717, 1.165) is 11.1 Å². The van der Waals surface area contributed by atoms with Gasteiger partial charge in [0.05, 0.1) is 18.2 Å². The third-order valence-corrected chi connectivity index (χ3v) is 4.27. The summed E-state index contributed by atoms with van der Waals surface area (Å²) in [4.78, 5) is 25.9. The zero-order chi connectivity index (χ0) is 19.5. The summed E-state index contributed by atoms with van der Waals surface area (Å²) in [6.45, 7) is 9.44. The molecular formula is C21H26N2O3. The van der Waals surface area contributed by atoms with E-state index in [1.54, 1.807) is 30.3 Å². The summed E-state index contributed by atoms with van der Waals surface area (Å²) in [5.41, 5.74) is 5.02. The Kier molecular flexibility index (Phi) is 5.70. The molecule has 0 saturated carbocycles. The highest BCUT2D eigenvalue weighted by Crippen LogP contribution is 2.23. The Morgan fingerprint density at radius 1 is 0.962 bits per heavy atom. The van der Waals surface area contributed by atoms with Crippen LogP contribution in [0.5, 0.6) is 5.75 Å². The number of carbonyl (C=O) groups is 2. The van der Waals surface area contributed by atoms with E-state index in [4.69, 9.17) is 4.74 Å². The van der Waals surface area contributed by atoms with Crippen LogP contribution in [0, 0.1) is 13.8 Å². The molecule has 0 spiro atoms. The van der Waals surface area contributed by atoms with Gasteiger partial charge >= 0.3 is 0 Å². The van der Waals surface area contributed by atoms with Crippen LogP contribution in [0.1, 0.15) is 52.6 Å². The van der Waals surface area contributed by atoms with E-state index >= 15 is 0 Å². The second-order valence-corrected chi connectivity index (χ2v) is 7.20. The van der Waals surface area contributed by atoms with Gasteiger partial charge < -0.3 is 4.74 Å². The molecule has 5 nitrogen and oxygen atoms in total. The maximum atomic E-state index is 13.1. The molecule has 0 aliphatic carbocycles. The summed E-state index contributed by atoms with van der Waals surface area (Å²) >= 11 is 0. The number of para-hydroxylation sites is 1. The molecule has 0 heterocycles. The van der Waals surface area contributed by atoms with Crippen LogP contribution in [-0.2, 0) is 0 Å². The normalized spacial score (nSPS) is 11.0. The Bertz CT molecular complexity index is 822. The standard InChI is InChI=1S/C21H26N2O3/c1-14-10-9-12-16(15(14)2)19(24)22-23(21(3,4)5)20(25)17-11-7-8-13-18(17)26-6/h7-13H,1-6H3,(H,22,24). The van der Waals surface area contributed by atoms with Gasteiger partial charge in [0, 0.05) is 5.56 Å². The quantitative estimate of drug-likeness (QED) is 0.851. The summed E-state index contributed by atoms with van der Waals surface area (Å²) in [7, 11) is 1.52. The fraction of sp³-hybridized carbons (Fsp3) is 0.333. The number of hydrazine groups is 1. The molecule has 0 saturated heterocycles. The summed E-state index contributed by atoms with van der Waals surface area (Å²) < 4.78 is 5.29. The highest BCUT2D eigenvalue weighted by atomic mass is 16.5. The number of rotatable bonds is 3. The molecular weight excluding hydrogens is 328 g/mol. The summed E-state index contributed by atoms with van der Waals surface area (Å²) in [6.07, 6.45) is 0. The molecule has 0 bridgehead atoms. The number of hydrogen-bond acceptors (Lipinski definition) is 3. The van der Waals surface area contributed by atoms with Crippen molar-refractivity contribution >= 4 is 11.8 Å². The molecule has 0 radical (unpaired) electrons. The van der Waals surface area contributed by atoms with Crippen LogP contribution in [0.2, 0.25) is 0 Å².